The zero-order valence-corrected chi connectivity index (χ0v) is 16.7. The Balaban J connectivity index is 1.31. The molecule has 9 heteroatoms. The molecule has 3 heterocycles. The molecular formula is C20H25N7O2. The van der Waals surface area contributed by atoms with Gasteiger partial charge in [0.15, 0.2) is 5.65 Å². The lowest BCUT2D eigenvalue weighted by molar-refractivity contribution is 0.301. The molecule has 5 rings (SSSR count). The zero-order chi connectivity index (χ0) is 20.1. The van der Waals surface area contributed by atoms with Gasteiger partial charge in [-0.3, -0.25) is 18.8 Å². The number of nitrogens with zero attached hydrogens (tertiary/aromatic N) is 6. The highest BCUT2D eigenvalue weighted by atomic mass is 16.1. The van der Waals surface area contributed by atoms with Crippen molar-refractivity contribution in [3.8, 4) is 0 Å². The highest BCUT2D eigenvalue weighted by Crippen LogP contribution is 2.38. The molecule has 0 amide bonds. The molecule has 29 heavy (non-hydrogen) atoms. The molecule has 0 saturated heterocycles. The highest BCUT2D eigenvalue weighted by molar-refractivity contribution is 5.74. The lowest BCUT2D eigenvalue weighted by atomic mass is 9.91. The highest BCUT2D eigenvalue weighted by Gasteiger charge is 2.28. The van der Waals surface area contributed by atoms with E-state index in [0.29, 0.717) is 22.9 Å². The first-order valence-corrected chi connectivity index (χ1v) is 10.3. The fraction of sp³-hybridized carbons (Fsp3) is 0.550. The minimum Gasteiger partial charge on any atom is -0.353 e. The molecule has 2 aliphatic rings. The van der Waals surface area contributed by atoms with Gasteiger partial charge in [-0.1, -0.05) is 0 Å². The van der Waals surface area contributed by atoms with Crippen LogP contribution in [0.25, 0.3) is 11.0 Å². The predicted octanol–water partition coefficient (Wildman–Crippen LogP) is 1.70. The third-order valence-corrected chi connectivity index (χ3v) is 6.09. The van der Waals surface area contributed by atoms with E-state index in [1.807, 2.05) is 6.07 Å². The lowest BCUT2D eigenvalue weighted by Crippen LogP contribution is -2.34. The maximum atomic E-state index is 12.6. The molecular weight excluding hydrogens is 370 g/mol. The summed E-state index contributed by atoms with van der Waals surface area (Å²) in [7, 11) is 3.51. The topological polar surface area (TPSA) is 99.6 Å². The first-order valence-electron chi connectivity index (χ1n) is 10.3. The van der Waals surface area contributed by atoms with Gasteiger partial charge in [0.1, 0.15) is 5.39 Å². The van der Waals surface area contributed by atoms with Crippen LogP contribution in [-0.4, -0.2) is 35.2 Å². The molecule has 9 nitrogen and oxygen atoms in total. The third kappa shape index (κ3) is 3.34. The van der Waals surface area contributed by atoms with Crippen molar-refractivity contribution in [3.05, 3.63) is 44.7 Å². The summed E-state index contributed by atoms with van der Waals surface area (Å²) >= 11 is 0. The molecule has 0 spiro atoms. The van der Waals surface area contributed by atoms with Crippen molar-refractivity contribution in [2.24, 2.45) is 14.1 Å². The monoisotopic (exact) mass is 395 g/mol. The molecule has 2 saturated carbocycles. The smallest absolute Gasteiger partial charge is 0.267 e. The van der Waals surface area contributed by atoms with E-state index in [2.05, 4.69) is 20.5 Å². The minimum absolute atomic E-state index is 0.0181. The maximum absolute atomic E-state index is 12.6. The fourth-order valence-corrected chi connectivity index (χ4v) is 4.24. The Morgan fingerprint density at radius 2 is 1.76 bits per heavy atom. The Labute approximate surface area is 167 Å². The summed E-state index contributed by atoms with van der Waals surface area (Å²) in [6.07, 6.45) is 7.57. The number of fused-ring (bicyclic) bond motifs is 1. The molecule has 0 aromatic carbocycles. The number of aromatic nitrogens is 6. The normalized spacial score (nSPS) is 22.1. The van der Waals surface area contributed by atoms with E-state index >= 15 is 0 Å². The van der Waals surface area contributed by atoms with Crippen molar-refractivity contribution in [2.45, 2.75) is 56.5 Å². The Hall–Kier alpha value is -2.97. The van der Waals surface area contributed by atoms with Crippen LogP contribution in [0.3, 0.4) is 0 Å². The zero-order valence-electron chi connectivity index (χ0n) is 16.7. The summed E-state index contributed by atoms with van der Waals surface area (Å²) in [5.74, 6) is 1.07. The Morgan fingerprint density at radius 3 is 2.48 bits per heavy atom. The number of aryl methyl sites for hydroxylation is 1. The summed E-state index contributed by atoms with van der Waals surface area (Å²) in [4.78, 5) is 29.4. The fourth-order valence-electron chi connectivity index (χ4n) is 4.24. The van der Waals surface area contributed by atoms with E-state index in [9.17, 15) is 9.59 Å². The average molecular weight is 395 g/mol. The van der Waals surface area contributed by atoms with Crippen LogP contribution in [0.4, 0.5) is 5.95 Å². The van der Waals surface area contributed by atoms with Crippen molar-refractivity contribution in [1.29, 1.82) is 0 Å². The quantitative estimate of drug-likeness (QED) is 0.722. The Morgan fingerprint density at radius 1 is 1.00 bits per heavy atom. The van der Waals surface area contributed by atoms with Gasteiger partial charge in [-0.25, -0.2) is 4.68 Å². The van der Waals surface area contributed by atoms with Gasteiger partial charge in [0.05, 0.1) is 11.7 Å². The number of anilines is 1. The van der Waals surface area contributed by atoms with Crippen LogP contribution in [0.2, 0.25) is 0 Å². The summed E-state index contributed by atoms with van der Waals surface area (Å²) in [5.41, 5.74) is 1.38. The summed E-state index contributed by atoms with van der Waals surface area (Å²) in [6, 6.07) is 3.87. The molecule has 152 valence electrons. The first kappa shape index (κ1) is 18.1. The van der Waals surface area contributed by atoms with Gasteiger partial charge in [0.2, 0.25) is 5.95 Å². The predicted molar refractivity (Wildman–Crippen MR) is 109 cm³/mol. The molecule has 3 aromatic heterocycles. The molecule has 0 radical (unpaired) electrons. The first-order chi connectivity index (χ1) is 14.0. The van der Waals surface area contributed by atoms with E-state index in [1.54, 1.807) is 40.3 Å². The SMILES string of the molecule is Cn1cc2c(=O)n(C)c(NC3CCC(n4nc(C5CC5)ccc4=O)CC3)nc2n1. The van der Waals surface area contributed by atoms with Crippen molar-refractivity contribution in [1.82, 2.24) is 29.1 Å². The van der Waals surface area contributed by atoms with Crippen molar-refractivity contribution in [2.75, 3.05) is 5.32 Å². The second-order valence-electron chi connectivity index (χ2n) is 8.30. The number of nitrogens with one attached hydrogen (secondary N) is 1. The van der Waals surface area contributed by atoms with Crippen molar-refractivity contribution in [3.63, 3.8) is 0 Å². The van der Waals surface area contributed by atoms with Gasteiger partial charge in [-0.15, -0.1) is 0 Å². The van der Waals surface area contributed by atoms with Crippen LogP contribution in [0.5, 0.6) is 0 Å². The van der Waals surface area contributed by atoms with Gasteiger partial charge in [0.25, 0.3) is 11.1 Å². The van der Waals surface area contributed by atoms with Gasteiger partial charge in [-0.2, -0.15) is 15.2 Å². The molecule has 3 aromatic rings. The molecule has 1 N–H and O–H groups in total. The second kappa shape index (κ2) is 6.82. The second-order valence-corrected chi connectivity index (χ2v) is 8.30. The summed E-state index contributed by atoms with van der Waals surface area (Å²) in [6.45, 7) is 0. The van der Waals surface area contributed by atoms with Gasteiger partial charge < -0.3 is 5.32 Å². The Kier molecular flexibility index (Phi) is 4.25. The van der Waals surface area contributed by atoms with Crippen molar-refractivity contribution < 1.29 is 0 Å². The molecule has 0 bridgehead atoms. The van der Waals surface area contributed by atoms with Crippen LogP contribution in [0.1, 0.15) is 56.2 Å². The largest absolute Gasteiger partial charge is 0.353 e. The van der Waals surface area contributed by atoms with E-state index in [1.165, 1.54) is 12.8 Å². The number of hydrogen-bond donors (Lipinski definition) is 1. The summed E-state index contributed by atoms with van der Waals surface area (Å²) in [5, 5.41) is 12.8. The van der Waals surface area contributed by atoms with Crippen LogP contribution >= 0.6 is 0 Å². The van der Waals surface area contributed by atoms with Gasteiger partial charge in [-0.05, 0) is 44.6 Å². The van der Waals surface area contributed by atoms with Crippen LogP contribution in [0.15, 0.2) is 27.9 Å². The number of hydrogen-bond acceptors (Lipinski definition) is 6. The molecule has 0 aliphatic heterocycles. The van der Waals surface area contributed by atoms with E-state index in [-0.39, 0.29) is 23.2 Å². The lowest BCUT2D eigenvalue weighted by Gasteiger charge is -2.30. The van der Waals surface area contributed by atoms with Gasteiger partial charge >= 0.3 is 0 Å². The molecule has 2 aliphatic carbocycles. The standard InChI is InChI=1S/C20H25N7O2/c1-25-11-15-18(24-25)22-20(26(2)19(15)29)21-13-5-7-14(8-6-13)27-17(28)10-9-16(23-27)12-3-4-12/h9-14H,3-8H2,1-2H3,(H,21,22,24). The maximum Gasteiger partial charge on any atom is 0.267 e. The molecule has 0 atom stereocenters. The molecule has 2 fully saturated rings. The van der Waals surface area contributed by atoms with Crippen LogP contribution in [-0.2, 0) is 14.1 Å². The van der Waals surface area contributed by atoms with Crippen LogP contribution < -0.4 is 16.4 Å². The Bertz CT molecular complexity index is 1180. The van der Waals surface area contributed by atoms with E-state index < -0.39 is 0 Å². The minimum atomic E-state index is -0.105. The van der Waals surface area contributed by atoms with E-state index in [4.69, 9.17) is 0 Å². The number of rotatable bonds is 4. The van der Waals surface area contributed by atoms with Crippen molar-refractivity contribution >= 4 is 17.0 Å². The van der Waals surface area contributed by atoms with E-state index in [0.717, 1.165) is 31.4 Å². The van der Waals surface area contributed by atoms with Crippen LogP contribution in [0, 0.1) is 0 Å². The summed E-state index contributed by atoms with van der Waals surface area (Å²) < 4.78 is 4.84. The molecule has 0 unspecified atom stereocenters. The average Bonchev–Trinajstić information content (AvgIpc) is 3.49. The van der Waals surface area contributed by atoms with Gasteiger partial charge in [0, 0.05) is 38.3 Å². The third-order valence-electron chi connectivity index (χ3n) is 6.09.